The van der Waals surface area contributed by atoms with E-state index in [2.05, 4.69) is 33.3 Å². The average Bonchev–Trinajstić information content (AvgIpc) is 3.48. The highest BCUT2D eigenvalue weighted by atomic mass is 32.1. The maximum Gasteiger partial charge on any atom is 0.256 e. The van der Waals surface area contributed by atoms with Gasteiger partial charge >= 0.3 is 0 Å². The van der Waals surface area contributed by atoms with E-state index in [-0.39, 0.29) is 5.91 Å². The minimum atomic E-state index is 0.0733. The van der Waals surface area contributed by atoms with Gasteiger partial charge in [-0.2, -0.15) is 15.0 Å². The fourth-order valence-electron chi connectivity index (χ4n) is 5.10. The first-order valence-corrected chi connectivity index (χ1v) is 11.8. The SMILES string of the molecule is Cc1ccc(-n2nccn2)c(C(=O)N2CC3CC(C2)CN(c2nc4ccccc4s2)C3)c1. The molecule has 4 aromatic rings. The lowest BCUT2D eigenvalue weighted by Gasteiger charge is -2.45. The molecule has 4 heterocycles. The molecule has 2 aliphatic heterocycles. The van der Waals surface area contributed by atoms with E-state index in [1.54, 1.807) is 23.7 Å². The van der Waals surface area contributed by atoms with Gasteiger partial charge in [0, 0.05) is 26.2 Å². The zero-order chi connectivity index (χ0) is 21.7. The van der Waals surface area contributed by atoms with Crippen molar-refractivity contribution in [2.24, 2.45) is 11.8 Å². The third-order valence-electron chi connectivity index (χ3n) is 6.44. The quantitative estimate of drug-likeness (QED) is 0.481. The highest BCUT2D eigenvalue weighted by molar-refractivity contribution is 7.22. The second kappa shape index (κ2) is 7.70. The lowest BCUT2D eigenvalue weighted by atomic mass is 9.84. The van der Waals surface area contributed by atoms with Crippen molar-refractivity contribution in [3.05, 3.63) is 66.0 Å². The minimum Gasteiger partial charge on any atom is -0.347 e. The van der Waals surface area contributed by atoms with Gasteiger partial charge in [-0.05, 0) is 49.4 Å². The molecule has 2 aromatic heterocycles. The summed E-state index contributed by atoms with van der Waals surface area (Å²) in [6.07, 6.45) is 4.44. The van der Waals surface area contributed by atoms with E-state index in [1.807, 2.05) is 36.1 Å². The Hall–Kier alpha value is -3.26. The molecule has 8 heteroatoms. The third kappa shape index (κ3) is 3.44. The zero-order valence-electron chi connectivity index (χ0n) is 17.9. The van der Waals surface area contributed by atoms with Crippen molar-refractivity contribution in [3.8, 4) is 5.69 Å². The summed E-state index contributed by atoms with van der Waals surface area (Å²) in [6, 6.07) is 14.2. The maximum atomic E-state index is 13.6. The average molecular weight is 445 g/mol. The van der Waals surface area contributed by atoms with E-state index < -0.39 is 0 Å². The number of aryl methyl sites for hydroxylation is 1. The van der Waals surface area contributed by atoms with Crippen molar-refractivity contribution in [3.63, 3.8) is 0 Å². The lowest BCUT2D eigenvalue weighted by molar-refractivity contribution is 0.0564. The van der Waals surface area contributed by atoms with Gasteiger partial charge in [-0.15, -0.1) is 0 Å². The number of carbonyl (C=O) groups excluding carboxylic acids is 1. The summed E-state index contributed by atoms with van der Waals surface area (Å²) >= 11 is 1.77. The number of piperidine rings is 2. The van der Waals surface area contributed by atoms with Gasteiger partial charge in [0.15, 0.2) is 5.13 Å². The molecule has 2 bridgehead atoms. The highest BCUT2D eigenvalue weighted by Gasteiger charge is 2.37. The van der Waals surface area contributed by atoms with Gasteiger partial charge in [0.05, 0.1) is 33.9 Å². The van der Waals surface area contributed by atoms with E-state index in [1.165, 1.54) is 15.9 Å². The summed E-state index contributed by atoms with van der Waals surface area (Å²) in [6.45, 7) is 5.45. The van der Waals surface area contributed by atoms with Gasteiger partial charge in [-0.25, -0.2) is 4.98 Å². The Kier molecular flexibility index (Phi) is 4.68. The number of rotatable bonds is 3. The molecular weight excluding hydrogens is 420 g/mol. The van der Waals surface area contributed by atoms with Crippen molar-refractivity contribution in [1.29, 1.82) is 0 Å². The Morgan fingerprint density at radius 1 is 1.00 bits per heavy atom. The first-order valence-electron chi connectivity index (χ1n) is 11.0. The van der Waals surface area contributed by atoms with Gasteiger partial charge in [0.25, 0.3) is 5.91 Å². The molecule has 32 heavy (non-hydrogen) atoms. The van der Waals surface area contributed by atoms with E-state index in [0.717, 1.165) is 48.1 Å². The molecule has 2 saturated heterocycles. The van der Waals surface area contributed by atoms with Crippen molar-refractivity contribution >= 4 is 32.6 Å². The molecule has 0 saturated carbocycles. The Morgan fingerprint density at radius 2 is 1.75 bits per heavy atom. The molecule has 7 nitrogen and oxygen atoms in total. The van der Waals surface area contributed by atoms with Crippen LogP contribution in [0.4, 0.5) is 5.13 Å². The summed E-state index contributed by atoms with van der Waals surface area (Å²) in [7, 11) is 0. The van der Waals surface area contributed by atoms with Crippen LogP contribution in [0, 0.1) is 18.8 Å². The van der Waals surface area contributed by atoms with Crippen LogP contribution in [-0.4, -0.2) is 57.0 Å². The van der Waals surface area contributed by atoms with E-state index in [0.29, 0.717) is 17.4 Å². The number of amides is 1. The van der Waals surface area contributed by atoms with Gasteiger partial charge in [-0.3, -0.25) is 4.79 Å². The number of carbonyl (C=O) groups is 1. The molecule has 0 spiro atoms. The van der Waals surface area contributed by atoms with Crippen LogP contribution in [0.15, 0.2) is 54.9 Å². The lowest BCUT2D eigenvalue weighted by Crippen LogP contribution is -2.54. The minimum absolute atomic E-state index is 0.0733. The number of nitrogens with zero attached hydrogens (tertiary/aromatic N) is 6. The molecule has 2 unspecified atom stereocenters. The summed E-state index contributed by atoms with van der Waals surface area (Å²) in [5.74, 6) is 0.980. The van der Waals surface area contributed by atoms with Crippen LogP contribution in [0.25, 0.3) is 15.9 Å². The fourth-order valence-corrected chi connectivity index (χ4v) is 6.09. The molecule has 1 amide bonds. The topological polar surface area (TPSA) is 67.2 Å². The van der Waals surface area contributed by atoms with E-state index in [9.17, 15) is 4.79 Å². The molecule has 0 radical (unpaired) electrons. The number of hydrogen-bond donors (Lipinski definition) is 0. The largest absolute Gasteiger partial charge is 0.347 e. The van der Waals surface area contributed by atoms with Gasteiger partial charge in [-0.1, -0.05) is 35.1 Å². The summed E-state index contributed by atoms with van der Waals surface area (Å²) in [5, 5.41) is 9.59. The van der Waals surface area contributed by atoms with Crippen molar-refractivity contribution < 1.29 is 4.79 Å². The Balaban J connectivity index is 1.23. The molecule has 6 rings (SSSR count). The van der Waals surface area contributed by atoms with Crippen molar-refractivity contribution in [2.45, 2.75) is 13.3 Å². The maximum absolute atomic E-state index is 13.6. The molecule has 2 fully saturated rings. The number of benzene rings is 2. The third-order valence-corrected chi connectivity index (χ3v) is 7.54. The number of fused-ring (bicyclic) bond motifs is 3. The molecular formula is C24H24N6OS. The second-order valence-electron chi connectivity index (χ2n) is 8.89. The number of thiazole rings is 1. The van der Waals surface area contributed by atoms with Crippen LogP contribution >= 0.6 is 11.3 Å². The normalized spacial score (nSPS) is 20.7. The summed E-state index contributed by atoms with van der Waals surface area (Å²) in [5.41, 5.74) is 3.53. The van der Waals surface area contributed by atoms with Crippen molar-refractivity contribution in [1.82, 2.24) is 24.9 Å². The summed E-state index contributed by atoms with van der Waals surface area (Å²) in [4.78, 5) is 24.5. The Labute approximate surface area is 190 Å². The van der Waals surface area contributed by atoms with E-state index in [4.69, 9.17) is 4.98 Å². The molecule has 0 N–H and O–H groups in total. The van der Waals surface area contributed by atoms with Crippen LogP contribution in [-0.2, 0) is 0 Å². The number of aromatic nitrogens is 4. The first-order chi connectivity index (χ1) is 15.6. The van der Waals surface area contributed by atoms with Gasteiger partial charge in [0.1, 0.15) is 0 Å². The molecule has 162 valence electrons. The molecule has 2 atom stereocenters. The number of anilines is 1. The predicted octanol–water partition coefficient (Wildman–Crippen LogP) is 3.78. The Bertz CT molecular complexity index is 1240. The standard InChI is InChI=1S/C24H24N6OS/c1-16-6-7-21(30-25-8-9-26-30)19(10-16)23(31)28-12-17-11-18(13-28)15-29(14-17)24-27-20-4-2-3-5-22(20)32-24/h2-10,17-18H,11-15H2,1H3. The van der Waals surface area contributed by atoms with Crippen LogP contribution in [0.1, 0.15) is 22.3 Å². The smallest absolute Gasteiger partial charge is 0.256 e. The van der Waals surface area contributed by atoms with Crippen molar-refractivity contribution in [2.75, 3.05) is 31.1 Å². The predicted molar refractivity (Wildman–Crippen MR) is 125 cm³/mol. The zero-order valence-corrected chi connectivity index (χ0v) is 18.7. The fraction of sp³-hybridized carbons (Fsp3) is 0.333. The first kappa shape index (κ1) is 19.4. The van der Waals surface area contributed by atoms with Crippen LogP contribution in [0.3, 0.4) is 0 Å². The number of para-hydroxylation sites is 1. The van der Waals surface area contributed by atoms with E-state index >= 15 is 0 Å². The highest BCUT2D eigenvalue weighted by Crippen LogP contribution is 2.36. The van der Waals surface area contributed by atoms with Gasteiger partial charge < -0.3 is 9.80 Å². The molecule has 2 aliphatic rings. The number of likely N-dealkylation sites (tertiary alicyclic amines) is 1. The van der Waals surface area contributed by atoms with Crippen LogP contribution < -0.4 is 4.90 Å². The van der Waals surface area contributed by atoms with Crippen LogP contribution in [0.2, 0.25) is 0 Å². The van der Waals surface area contributed by atoms with Gasteiger partial charge in [0.2, 0.25) is 0 Å². The monoisotopic (exact) mass is 444 g/mol. The summed E-state index contributed by atoms with van der Waals surface area (Å²) < 4.78 is 1.23. The molecule has 2 aromatic carbocycles. The molecule has 0 aliphatic carbocycles. The van der Waals surface area contributed by atoms with Crippen LogP contribution in [0.5, 0.6) is 0 Å². The second-order valence-corrected chi connectivity index (χ2v) is 9.90. The Morgan fingerprint density at radius 3 is 2.50 bits per heavy atom. The number of hydrogen-bond acceptors (Lipinski definition) is 6.